The molecule has 0 aliphatic heterocycles. The zero-order chi connectivity index (χ0) is 27.6. The fraction of sp³-hybridized carbons (Fsp3) is 0. The van der Waals surface area contributed by atoms with Gasteiger partial charge in [0.1, 0.15) is 11.5 Å². The predicted molar refractivity (Wildman–Crippen MR) is 148 cm³/mol. The molecule has 0 aliphatic carbocycles. The van der Waals surface area contributed by atoms with Crippen molar-refractivity contribution in [1.82, 2.24) is 5.43 Å². The van der Waals surface area contributed by atoms with Gasteiger partial charge in [0.15, 0.2) is 0 Å². The van der Waals surface area contributed by atoms with Crippen molar-refractivity contribution in [2.45, 2.75) is 0 Å². The number of carbonyl (C=O) groups is 4. The smallest absolute Gasteiger partial charge is 0.343 e. The Morgan fingerprint density at radius 1 is 0.692 bits per heavy atom. The summed E-state index contributed by atoms with van der Waals surface area (Å²) in [7, 11) is 0. The maximum Gasteiger partial charge on any atom is 0.343 e. The molecule has 4 aromatic rings. The fourth-order valence-electron chi connectivity index (χ4n) is 3.18. The van der Waals surface area contributed by atoms with Crippen LogP contribution in [0.15, 0.2) is 113 Å². The van der Waals surface area contributed by atoms with Gasteiger partial charge in [0.25, 0.3) is 0 Å². The van der Waals surface area contributed by atoms with Gasteiger partial charge < -0.3 is 14.8 Å². The molecule has 39 heavy (non-hydrogen) atoms. The van der Waals surface area contributed by atoms with Gasteiger partial charge in [-0.05, 0) is 60.7 Å². The Kier molecular flexibility index (Phi) is 8.94. The van der Waals surface area contributed by atoms with Gasteiger partial charge in [-0.25, -0.2) is 15.0 Å². The molecule has 0 spiro atoms. The molecule has 4 aromatic carbocycles. The van der Waals surface area contributed by atoms with Gasteiger partial charge in [-0.2, -0.15) is 5.10 Å². The number of halogens is 1. The second-order valence-corrected chi connectivity index (χ2v) is 8.79. The summed E-state index contributed by atoms with van der Waals surface area (Å²) >= 11 is 3.29. The van der Waals surface area contributed by atoms with Crippen molar-refractivity contribution in [3.63, 3.8) is 0 Å². The number of hydrazone groups is 1. The standard InChI is InChI=1S/C29H20BrN3O6/c30-22-12-14-23(15-13-22)32-26(34)27(35)33-31-18-21-11-16-24(38-28(36)19-7-3-1-4-8-19)17-25(21)39-29(37)20-9-5-2-6-10-20/h1-18H,(H,32,34)(H,33,35)/b31-18-. The van der Waals surface area contributed by atoms with Crippen LogP contribution >= 0.6 is 15.9 Å². The summed E-state index contributed by atoms with van der Waals surface area (Å²) in [6.07, 6.45) is 1.20. The minimum absolute atomic E-state index is 0.0135. The third kappa shape index (κ3) is 7.70. The van der Waals surface area contributed by atoms with Crippen molar-refractivity contribution < 1.29 is 28.7 Å². The van der Waals surface area contributed by atoms with Crippen LogP contribution in [0, 0.1) is 0 Å². The lowest BCUT2D eigenvalue weighted by Gasteiger charge is -2.10. The first kappa shape index (κ1) is 27.0. The maximum absolute atomic E-state index is 12.7. The summed E-state index contributed by atoms with van der Waals surface area (Å²) < 4.78 is 11.8. The van der Waals surface area contributed by atoms with Crippen molar-refractivity contribution in [1.29, 1.82) is 0 Å². The molecule has 10 heteroatoms. The van der Waals surface area contributed by atoms with Gasteiger partial charge in [0.2, 0.25) is 0 Å². The van der Waals surface area contributed by atoms with Crippen LogP contribution in [-0.2, 0) is 9.59 Å². The van der Waals surface area contributed by atoms with E-state index in [1.807, 2.05) is 0 Å². The van der Waals surface area contributed by atoms with Crippen LogP contribution < -0.4 is 20.2 Å². The first-order valence-electron chi connectivity index (χ1n) is 11.5. The van der Waals surface area contributed by atoms with Gasteiger partial charge in [0.05, 0.1) is 17.3 Å². The molecule has 0 fully saturated rings. The van der Waals surface area contributed by atoms with Crippen LogP contribution in [0.25, 0.3) is 0 Å². The van der Waals surface area contributed by atoms with E-state index >= 15 is 0 Å². The molecule has 2 amide bonds. The summed E-state index contributed by atoms with van der Waals surface area (Å²) in [6.45, 7) is 0. The van der Waals surface area contributed by atoms with E-state index in [0.717, 1.165) is 4.47 Å². The molecule has 0 saturated heterocycles. The van der Waals surface area contributed by atoms with Crippen molar-refractivity contribution in [2.24, 2.45) is 5.10 Å². The summed E-state index contributed by atoms with van der Waals surface area (Å²) in [6, 6.07) is 27.7. The zero-order valence-electron chi connectivity index (χ0n) is 20.2. The topological polar surface area (TPSA) is 123 Å². The number of nitrogens with zero attached hydrogens (tertiary/aromatic N) is 1. The van der Waals surface area contributed by atoms with Gasteiger partial charge >= 0.3 is 23.8 Å². The van der Waals surface area contributed by atoms with Crippen LogP contribution in [0.3, 0.4) is 0 Å². The summed E-state index contributed by atoms with van der Waals surface area (Å²) in [5.41, 5.74) is 3.46. The van der Waals surface area contributed by atoms with E-state index in [9.17, 15) is 19.2 Å². The molecule has 0 radical (unpaired) electrons. The summed E-state index contributed by atoms with van der Waals surface area (Å²) in [5.74, 6) is -3.05. The molecule has 0 aromatic heterocycles. The second-order valence-electron chi connectivity index (χ2n) is 7.87. The molecule has 2 N–H and O–H groups in total. The molecule has 0 aliphatic rings. The lowest BCUT2D eigenvalue weighted by molar-refractivity contribution is -0.136. The lowest BCUT2D eigenvalue weighted by Crippen LogP contribution is -2.32. The maximum atomic E-state index is 12.7. The van der Waals surface area contributed by atoms with E-state index in [2.05, 4.69) is 31.8 Å². The molecule has 0 saturated carbocycles. The highest BCUT2D eigenvalue weighted by Gasteiger charge is 2.16. The Balaban J connectivity index is 1.49. The minimum atomic E-state index is -1.01. The Labute approximate surface area is 231 Å². The average molecular weight is 586 g/mol. The van der Waals surface area contributed by atoms with Crippen LogP contribution in [0.4, 0.5) is 5.69 Å². The van der Waals surface area contributed by atoms with Gasteiger partial charge in [-0.1, -0.05) is 52.3 Å². The molecular weight excluding hydrogens is 566 g/mol. The van der Waals surface area contributed by atoms with Crippen LogP contribution in [0.2, 0.25) is 0 Å². The first-order chi connectivity index (χ1) is 18.9. The fourth-order valence-corrected chi connectivity index (χ4v) is 3.44. The molecular formula is C29H20BrN3O6. The summed E-state index contributed by atoms with van der Waals surface area (Å²) in [4.78, 5) is 49.5. The number of carbonyl (C=O) groups excluding carboxylic acids is 4. The Morgan fingerprint density at radius 2 is 1.28 bits per heavy atom. The highest BCUT2D eigenvalue weighted by molar-refractivity contribution is 9.10. The number of amides is 2. The normalized spacial score (nSPS) is 10.5. The number of nitrogens with one attached hydrogen (secondary N) is 2. The highest BCUT2D eigenvalue weighted by atomic mass is 79.9. The minimum Gasteiger partial charge on any atom is -0.423 e. The van der Waals surface area contributed by atoms with Crippen molar-refractivity contribution in [3.8, 4) is 11.5 Å². The number of ether oxygens (including phenoxy) is 2. The van der Waals surface area contributed by atoms with Gasteiger partial charge in [-0.15, -0.1) is 0 Å². The molecule has 0 unspecified atom stereocenters. The van der Waals surface area contributed by atoms with Crippen molar-refractivity contribution in [3.05, 3.63) is 124 Å². The summed E-state index contributed by atoms with van der Waals surface area (Å²) in [5, 5.41) is 6.25. The Morgan fingerprint density at radius 3 is 1.90 bits per heavy atom. The molecule has 9 nitrogen and oxygen atoms in total. The predicted octanol–water partition coefficient (Wildman–Crippen LogP) is 4.98. The van der Waals surface area contributed by atoms with Crippen molar-refractivity contribution in [2.75, 3.05) is 5.32 Å². The third-order valence-corrected chi connectivity index (χ3v) is 5.62. The Hall–Kier alpha value is -5.09. The molecule has 4 rings (SSSR count). The molecule has 0 bridgehead atoms. The van der Waals surface area contributed by atoms with Crippen LogP contribution in [0.1, 0.15) is 26.3 Å². The number of benzene rings is 4. The van der Waals surface area contributed by atoms with Gasteiger partial charge in [0, 0.05) is 21.8 Å². The van der Waals surface area contributed by atoms with E-state index in [1.54, 1.807) is 84.9 Å². The number of hydrogen-bond donors (Lipinski definition) is 2. The molecule has 0 atom stereocenters. The van der Waals surface area contributed by atoms with E-state index < -0.39 is 23.8 Å². The largest absolute Gasteiger partial charge is 0.423 e. The van der Waals surface area contributed by atoms with E-state index in [4.69, 9.17) is 9.47 Å². The molecule has 0 heterocycles. The average Bonchev–Trinajstić information content (AvgIpc) is 2.96. The van der Waals surface area contributed by atoms with Crippen LogP contribution in [-0.4, -0.2) is 30.0 Å². The second kappa shape index (κ2) is 12.9. The SMILES string of the molecule is O=C(N/N=C\c1ccc(OC(=O)c2ccccc2)cc1OC(=O)c1ccccc1)C(=O)Nc1ccc(Br)cc1. The molecule has 194 valence electrons. The van der Waals surface area contributed by atoms with Gasteiger partial charge in [-0.3, -0.25) is 9.59 Å². The number of hydrogen-bond acceptors (Lipinski definition) is 7. The quantitative estimate of drug-likeness (QED) is 0.104. The van der Waals surface area contributed by atoms with E-state index in [-0.39, 0.29) is 17.1 Å². The lowest BCUT2D eigenvalue weighted by atomic mass is 10.2. The van der Waals surface area contributed by atoms with E-state index in [1.165, 1.54) is 24.4 Å². The van der Waals surface area contributed by atoms with Crippen LogP contribution in [0.5, 0.6) is 11.5 Å². The monoisotopic (exact) mass is 585 g/mol. The number of anilines is 1. The third-order valence-electron chi connectivity index (χ3n) is 5.10. The Bertz CT molecular complexity index is 1520. The van der Waals surface area contributed by atoms with E-state index in [0.29, 0.717) is 16.8 Å². The number of rotatable bonds is 7. The first-order valence-corrected chi connectivity index (χ1v) is 12.3. The highest BCUT2D eigenvalue weighted by Crippen LogP contribution is 2.26. The van der Waals surface area contributed by atoms with Crippen molar-refractivity contribution >= 4 is 51.6 Å². The number of esters is 2. The zero-order valence-corrected chi connectivity index (χ0v) is 21.8.